The molecule has 0 fully saturated rings. The molecule has 0 aromatic heterocycles. The third-order valence-corrected chi connectivity index (χ3v) is 9.41. The third-order valence-electron chi connectivity index (χ3n) is 8.92. The number of aliphatic carboxylic acids is 1. The fourth-order valence-corrected chi connectivity index (χ4v) is 7.76. The molecule has 1 heterocycles. The summed E-state index contributed by atoms with van der Waals surface area (Å²) in [6.45, 7) is 7.91. The zero-order valence-electron chi connectivity index (χ0n) is 25.3. The van der Waals surface area contributed by atoms with Crippen LogP contribution in [0.2, 0.25) is 10.0 Å². The minimum atomic E-state index is -1.03. The van der Waals surface area contributed by atoms with E-state index < -0.39 is 11.9 Å². The Morgan fingerprint density at radius 2 is 1.48 bits per heavy atom. The summed E-state index contributed by atoms with van der Waals surface area (Å²) in [7, 11) is 0. The normalized spacial score (nSPS) is 19.7. The van der Waals surface area contributed by atoms with Crippen LogP contribution in [0.25, 0.3) is 10.8 Å². The number of halogens is 2. The molecule has 0 atom stereocenters. The zero-order chi connectivity index (χ0) is 31.6. The number of carbonyl (C=O) groups excluding carboxylic acids is 2. The van der Waals surface area contributed by atoms with Crippen LogP contribution in [-0.2, 0) is 21.0 Å². The van der Waals surface area contributed by atoms with Gasteiger partial charge in [0.05, 0.1) is 5.02 Å². The van der Waals surface area contributed by atoms with E-state index in [-0.39, 0.29) is 53.4 Å². The Hall–Kier alpha value is -3.61. The highest BCUT2D eigenvalue weighted by molar-refractivity contribution is 6.35. The number of nitrogens with zero attached hydrogens (tertiary/aromatic N) is 1. The van der Waals surface area contributed by atoms with Crippen LogP contribution in [-0.4, -0.2) is 34.1 Å². The number of allylic oxidation sites excluding steroid dienone is 4. The summed E-state index contributed by atoms with van der Waals surface area (Å²) >= 11 is 13.5. The predicted molar refractivity (Wildman–Crippen MR) is 172 cm³/mol. The van der Waals surface area contributed by atoms with Crippen LogP contribution in [0.4, 0.5) is 0 Å². The van der Waals surface area contributed by atoms with E-state index in [1.165, 1.54) is 0 Å². The minimum absolute atomic E-state index is 0.114. The summed E-state index contributed by atoms with van der Waals surface area (Å²) < 4.78 is 6.51. The number of hydrogen-bond donors (Lipinski definition) is 1. The summed E-state index contributed by atoms with van der Waals surface area (Å²) in [5.74, 6) is -1.68. The standard InChI is InChI=1S/C36H35Cl2NO5/c1-35(2)14-26-32(28(40)16-35)31(33-27(39(26)18-30(42)43)15-36(3,4)17-29(33)41)24-12-22(37)13-25(38)34(24)44-19-21-10-7-9-20-8-5-6-11-23(20)21/h5-13,31H,14-19H2,1-4H3,(H,42,43). The van der Waals surface area contributed by atoms with Crippen LogP contribution in [0.5, 0.6) is 5.75 Å². The van der Waals surface area contributed by atoms with Gasteiger partial charge in [-0.1, -0.05) is 93.4 Å². The Morgan fingerprint density at radius 1 is 0.886 bits per heavy atom. The van der Waals surface area contributed by atoms with Crippen molar-refractivity contribution in [1.29, 1.82) is 0 Å². The Bertz CT molecular complexity index is 1740. The Morgan fingerprint density at radius 3 is 2.09 bits per heavy atom. The fourth-order valence-electron chi connectivity index (χ4n) is 7.20. The number of fused-ring (bicyclic) bond motifs is 1. The van der Waals surface area contributed by atoms with E-state index >= 15 is 0 Å². The van der Waals surface area contributed by atoms with Gasteiger partial charge in [0.15, 0.2) is 11.6 Å². The van der Waals surface area contributed by atoms with Gasteiger partial charge in [0.1, 0.15) is 18.9 Å². The number of carboxylic acid groups (broad SMARTS) is 1. The van der Waals surface area contributed by atoms with Gasteiger partial charge in [-0.25, -0.2) is 0 Å². The summed E-state index contributed by atoms with van der Waals surface area (Å²) in [6, 6.07) is 17.4. The molecule has 3 aromatic carbocycles. The first-order chi connectivity index (χ1) is 20.7. The van der Waals surface area contributed by atoms with Crippen molar-refractivity contribution in [1.82, 2.24) is 4.90 Å². The Kier molecular flexibility index (Phi) is 7.66. The van der Waals surface area contributed by atoms with E-state index in [1.54, 1.807) is 17.0 Å². The molecule has 6 nitrogen and oxygen atoms in total. The molecule has 1 N–H and O–H groups in total. The Balaban J connectivity index is 1.56. The molecule has 0 bridgehead atoms. The third kappa shape index (κ3) is 5.54. The smallest absolute Gasteiger partial charge is 0.323 e. The maximum absolute atomic E-state index is 14.1. The minimum Gasteiger partial charge on any atom is -0.487 e. The van der Waals surface area contributed by atoms with Crippen molar-refractivity contribution in [3.63, 3.8) is 0 Å². The van der Waals surface area contributed by atoms with Gasteiger partial charge >= 0.3 is 5.97 Å². The van der Waals surface area contributed by atoms with Crippen LogP contribution in [0.15, 0.2) is 77.1 Å². The van der Waals surface area contributed by atoms with Crippen molar-refractivity contribution in [3.05, 3.63) is 98.3 Å². The molecular formula is C36H35Cl2NO5. The van der Waals surface area contributed by atoms with Gasteiger partial charge in [0.2, 0.25) is 0 Å². The van der Waals surface area contributed by atoms with Gasteiger partial charge in [-0.3, -0.25) is 14.4 Å². The molecule has 0 saturated carbocycles. The van der Waals surface area contributed by atoms with Crippen molar-refractivity contribution in [3.8, 4) is 5.75 Å². The average molecular weight is 633 g/mol. The number of ketones is 2. The highest BCUT2D eigenvalue weighted by Crippen LogP contribution is 2.56. The van der Waals surface area contributed by atoms with E-state index in [0.717, 1.165) is 16.3 Å². The monoisotopic (exact) mass is 631 g/mol. The van der Waals surface area contributed by atoms with Crippen LogP contribution >= 0.6 is 23.2 Å². The molecule has 0 amide bonds. The molecule has 6 rings (SSSR count). The first kappa shape index (κ1) is 30.4. The summed E-state index contributed by atoms with van der Waals surface area (Å²) in [5.41, 5.74) is 2.90. The van der Waals surface area contributed by atoms with E-state index in [0.29, 0.717) is 51.7 Å². The summed E-state index contributed by atoms with van der Waals surface area (Å²) in [4.78, 5) is 42.1. The van der Waals surface area contributed by atoms with Crippen molar-refractivity contribution < 1.29 is 24.2 Å². The molecular weight excluding hydrogens is 597 g/mol. The van der Waals surface area contributed by atoms with Crippen molar-refractivity contribution in [2.75, 3.05) is 6.54 Å². The van der Waals surface area contributed by atoms with E-state index in [9.17, 15) is 19.5 Å². The summed E-state index contributed by atoms with van der Waals surface area (Å²) in [6.07, 6.45) is 1.52. The Labute approximate surface area is 267 Å². The van der Waals surface area contributed by atoms with Gasteiger partial charge < -0.3 is 14.7 Å². The second kappa shape index (κ2) is 11.1. The number of benzene rings is 3. The van der Waals surface area contributed by atoms with Crippen LogP contribution in [0.1, 0.15) is 70.4 Å². The fraction of sp³-hybridized carbons (Fsp3) is 0.361. The van der Waals surface area contributed by atoms with Crippen LogP contribution in [0, 0.1) is 10.8 Å². The quantitative estimate of drug-likeness (QED) is 0.294. The molecule has 44 heavy (non-hydrogen) atoms. The van der Waals surface area contributed by atoms with Gasteiger partial charge in [0, 0.05) is 51.9 Å². The topological polar surface area (TPSA) is 83.9 Å². The van der Waals surface area contributed by atoms with E-state index in [2.05, 4.69) is 0 Å². The number of rotatable bonds is 6. The second-order valence-electron chi connectivity index (χ2n) is 13.7. The lowest BCUT2D eigenvalue weighted by atomic mass is 9.63. The van der Waals surface area contributed by atoms with Crippen molar-refractivity contribution in [2.24, 2.45) is 10.8 Å². The van der Waals surface area contributed by atoms with Crippen LogP contribution < -0.4 is 4.74 Å². The molecule has 2 aliphatic carbocycles. The van der Waals surface area contributed by atoms with Crippen LogP contribution in [0.3, 0.4) is 0 Å². The lowest BCUT2D eigenvalue weighted by molar-refractivity contribution is -0.138. The molecule has 0 spiro atoms. The van der Waals surface area contributed by atoms with Gasteiger partial charge in [-0.05, 0) is 52.1 Å². The lowest BCUT2D eigenvalue weighted by Gasteiger charge is -2.48. The molecule has 3 aliphatic rings. The second-order valence-corrected chi connectivity index (χ2v) is 14.6. The molecule has 1 aliphatic heterocycles. The molecule has 3 aromatic rings. The highest BCUT2D eigenvalue weighted by atomic mass is 35.5. The van der Waals surface area contributed by atoms with Crippen molar-refractivity contribution >= 4 is 51.5 Å². The summed E-state index contributed by atoms with van der Waals surface area (Å²) in [5, 5.41) is 12.7. The molecule has 228 valence electrons. The first-order valence-electron chi connectivity index (χ1n) is 14.8. The zero-order valence-corrected chi connectivity index (χ0v) is 26.8. The van der Waals surface area contributed by atoms with Gasteiger partial charge in [-0.15, -0.1) is 0 Å². The number of carboxylic acids is 1. The first-order valence-corrected chi connectivity index (χ1v) is 15.6. The average Bonchev–Trinajstić information content (AvgIpc) is 2.91. The van der Waals surface area contributed by atoms with Crippen molar-refractivity contribution in [2.45, 2.75) is 65.9 Å². The molecule has 0 radical (unpaired) electrons. The van der Waals surface area contributed by atoms with E-state index in [4.69, 9.17) is 27.9 Å². The maximum atomic E-state index is 14.1. The van der Waals surface area contributed by atoms with Gasteiger partial charge in [0.25, 0.3) is 0 Å². The maximum Gasteiger partial charge on any atom is 0.323 e. The van der Waals surface area contributed by atoms with E-state index in [1.807, 2.05) is 70.2 Å². The molecule has 0 unspecified atom stereocenters. The number of hydrogen-bond acceptors (Lipinski definition) is 5. The molecule has 8 heteroatoms. The number of carbonyl (C=O) groups is 3. The lowest BCUT2D eigenvalue weighted by Crippen LogP contribution is -2.45. The SMILES string of the molecule is CC1(C)CC(=O)C2=C(C1)N(CC(=O)O)C1=C(C(=O)CC(C)(C)C1)C2c1cc(Cl)cc(Cl)c1OCc1cccc2ccccc12. The van der Waals surface area contributed by atoms with Gasteiger partial charge in [-0.2, -0.15) is 0 Å². The highest BCUT2D eigenvalue weighted by Gasteiger charge is 2.50. The number of Topliss-reactive ketones (excluding diaryl/α,β-unsaturated/α-hetero) is 2. The predicted octanol–water partition coefficient (Wildman–Crippen LogP) is 8.50. The molecule has 0 saturated heterocycles. The largest absolute Gasteiger partial charge is 0.487 e. The number of ether oxygens (including phenoxy) is 1.